The molecule has 70 valence electrons. The van der Waals surface area contributed by atoms with Crippen molar-refractivity contribution < 1.29 is 0 Å². The molecule has 0 atom stereocenters. The summed E-state index contributed by atoms with van der Waals surface area (Å²) < 4.78 is 0. The molecule has 1 aliphatic carbocycles. The summed E-state index contributed by atoms with van der Waals surface area (Å²) in [5.74, 6) is 0. The predicted molar refractivity (Wildman–Crippen MR) is 57.0 cm³/mol. The highest BCUT2D eigenvalue weighted by Gasteiger charge is 2.27. The van der Waals surface area contributed by atoms with Gasteiger partial charge in [0.25, 0.3) is 0 Å². The van der Waals surface area contributed by atoms with Crippen LogP contribution in [-0.4, -0.2) is 13.1 Å². The van der Waals surface area contributed by atoms with E-state index in [1.54, 1.807) is 0 Å². The molecule has 0 unspecified atom stereocenters. The predicted octanol–water partition coefficient (Wildman–Crippen LogP) is 2.18. The minimum atomic E-state index is 0.750. The highest BCUT2D eigenvalue weighted by atomic mass is 15.2. The Bertz CT molecular complexity index is 316. The van der Waals surface area contributed by atoms with E-state index in [0.717, 1.165) is 11.7 Å². The zero-order valence-electron chi connectivity index (χ0n) is 8.25. The molecule has 0 spiro atoms. The van der Waals surface area contributed by atoms with Gasteiger partial charge in [0.05, 0.1) is 0 Å². The fourth-order valence-electron chi connectivity index (χ4n) is 1.66. The molecular formula is C11H16N2. The lowest BCUT2D eigenvalue weighted by Gasteiger charge is -2.21. The van der Waals surface area contributed by atoms with Crippen LogP contribution in [0, 0.1) is 6.92 Å². The third-order valence-corrected chi connectivity index (χ3v) is 2.71. The van der Waals surface area contributed by atoms with Gasteiger partial charge in [-0.05, 0) is 37.5 Å². The van der Waals surface area contributed by atoms with Crippen LogP contribution in [0.15, 0.2) is 18.2 Å². The number of hydrogen-bond acceptors (Lipinski definition) is 2. The molecule has 2 N–H and O–H groups in total. The smallest absolute Gasteiger partial charge is 0.0416 e. The highest BCUT2D eigenvalue weighted by molar-refractivity contribution is 5.61. The molecule has 0 aliphatic heterocycles. The number of benzene rings is 1. The minimum Gasteiger partial charge on any atom is -0.399 e. The van der Waals surface area contributed by atoms with E-state index in [0.29, 0.717) is 0 Å². The SMILES string of the molecule is Cc1ccc(N)cc1N(C)C1CC1. The van der Waals surface area contributed by atoms with Gasteiger partial charge < -0.3 is 10.6 Å². The van der Waals surface area contributed by atoms with E-state index in [4.69, 9.17) is 5.73 Å². The first-order valence-corrected chi connectivity index (χ1v) is 4.77. The Morgan fingerprint density at radius 1 is 1.38 bits per heavy atom. The van der Waals surface area contributed by atoms with E-state index in [1.165, 1.54) is 24.1 Å². The van der Waals surface area contributed by atoms with Crippen LogP contribution < -0.4 is 10.6 Å². The van der Waals surface area contributed by atoms with Crippen molar-refractivity contribution in [3.8, 4) is 0 Å². The van der Waals surface area contributed by atoms with Gasteiger partial charge in [-0.15, -0.1) is 0 Å². The molecule has 13 heavy (non-hydrogen) atoms. The summed E-state index contributed by atoms with van der Waals surface area (Å²) in [7, 11) is 2.15. The lowest BCUT2D eigenvalue weighted by molar-refractivity contribution is 0.912. The molecule has 0 bridgehead atoms. The molecular weight excluding hydrogens is 160 g/mol. The zero-order valence-corrected chi connectivity index (χ0v) is 8.25. The summed E-state index contributed by atoms with van der Waals surface area (Å²) >= 11 is 0. The molecule has 2 rings (SSSR count). The van der Waals surface area contributed by atoms with E-state index < -0.39 is 0 Å². The fourth-order valence-corrected chi connectivity index (χ4v) is 1.66. The summed E-state index contributed by atoms with van der Waals surface area (Å²) in [6.07, 6.45) is 2.65. The van der Waals surface area contributed by atoms with Crippen molar-refractivity contribution >= 4 is 11.4 Å². The van der Waals surface area contributed by atoms with Gasteiger partial charge in [0.15, 0.2) is 0 Å². The fraction of sp³-hybridized carbons (Fsp3) is 0.455. The van der Waals surface area contributed by atoms with Crippen molar-refractivity contribution in [1.29, 1.82) is 0 Å². The number of rotatable bonds is 2. The van der Waals surface area contributed by atoms with Crippen molar-refractivity contribution in [3.63, 3.8) is 0 Å². The number of hydrogen-bond donors (Lipinski definition) is 1. The Labute approximate surface area is 79.4 Å². The Hall–Kier alpha value is -1.18. The zero-order chi connectivity index (χ0) is 9.42. The molecule has 1 aliphatic rings. The summed E-state index contributed by atoms with van der Waals surface area (Å²) in [6.45, 7) is 2.13. The van der Waals surface area contributed by atoms with Crippen molar-refractivity contribution in [2.45, 2.75) is 25.8 Å². The molecule has 0 saturated heterocycles. The topological polar surface area (TPSA) is 29.3 Å². The van der Waals surface area contributed by atoms with Crippen LogP contribution in [0.25, 0.3) is 0 Å². The quantitative estimate of drug-likeness (QED) is 0.700. The Morgan fingerprint density at radius 3 is 2.69 bits per heavy atom. The third kappa shape index (κ3) is 1.62. The lowest BCUT2D eigenvalue weighted by Crippen LogP contribution is -2.20. The van der Waals surface area contributed by atoms with Gasteiger partial charge in [0, 0.05) is 24.5 Å². The summed E-state index contributed by atoms with van der Waals surface area (Å²) in [6, 6.07) is 6.86. The molecule has 0 heterocycles. The van der Waals surface area contributed by atoms with Crippen LogP contribution in [0.2, 0.25) is 0 Å². The molecule has 0 aromatic heterocycles. The molecule has 1 saturated carbocycles. The highest BCUT2D eigenvalue weighted by Crippen LogP contribution is 2.32. The van der Waals surface area contributed by atoms with Crippen molar-refractivity contribution in [3.05, 3.63) is 23.8 Å². The van der Waals surface area contributed by atoms with Crippen molar-refractivity contribution in [1.82, 2.24) is 0 Å². The first-order chi connectivity index (χ1) is 6.18. The standard InChI is InChI=1S/C11H16N2/c1-8-3-4-9(12)7-11(8)13(2)10-5-6-10/h3-4,7,10H,5-6,12H2,1-2H3. The van der Waals surface area contributed by atoms with Gasteiger partial charge in [0.1, 0.15) is 0 Å². The Kier molecular flexibility index (Phi) is 1.91. The Morgan fingerprint density at radius 2 is 2.08 bits per heavy atom. The first kappa shape index (κ1) is 8.42. The molecule has 0 radical (unpaired) electrons. The molecule has 1 aromatic carbocycles. The maximum absolute atomic E-state index is 5.76. The maximum Gasteiger partial charge on any atom is 0.0416 e. The summed E-state index contributed by atoms with van der Waals surface area (Å²) in [4.78, 5) is 2.34. The third-order valence-electron chi connectivity index (χ3n) is 2.71. The van der Waals surface area contributed by atoms with Crippen LogP contribution in [0.5, 0.6) is 0 Å². The van der Waals surface area contributed by atoms with E-state index in [9.17, 15) is 0 Å². The average Bonchev–Trinajstić information content (AvgIpc) is 2.91. The van der Waals surface area contributed by atoms with Crippen LogP contribution >= 0.6 is 0 Å². The second-order valence-corrected chi connectivity index (χ2v) is 3.89. The molecule has 2 nitrogen and oxygen atoms in total. The second kappa shape index (κ2) is 2.95. The van der Waals surface area contributed by atoms with Gasteiger partial charge >= 0.3 is 0 Å². The maximum atomic E-state index is 5.76. The van der Waals surface area contributed by atoms with Gasteiger partial charge in [-0.25, -0.2) is 0 Å². The van der Waals surface area contributed by atoms with Gasteiger partial charge in [-0.1, -0.05) is 6.07 Å². The molecule has 1 aromatic rings. The van der Waals surface area contributed by atoms with Gasteiger partial charge in [-0.3, -0.25) is 0 Å². The van der Waals surface area contributed by atoms with Crippen LogP contribution in [0.3, 0.4) is 0 Å². The van der Waals surface area contributed by atoms with Crippen molar-refractivity contribution in [2.75, 3.05) is 17.7 Å². The van der Waals surface area contributed by atoms with Crippen LogP contribution in [-0.2, 0) is 0 Å². The second-order valence-electron chi connectivity index (χ2n) is 3.89. The summed E-state index contributed by atoms with van der Waals surface area (Å²) in [5.41, 5.74) is 9.20. The number of nitrogens with zero attached hydrogens (tertiary/aromatic N) is 1. The summed E-state index contributed by atoms with van der Waals surface area (Å²) in [5, 5.41) is 0. The normalized spacial score (nSPS) is 15.8. The number of nitrogen functional groups attached to an aromatic ring is 1. The number of nitrogens with two attached hydrogens (primary N) is 1. The lowest BCUT2D eigenvalue weighted by atomic mass is 10.1. The van der Waals surface area contributed by atoms with Gasteiger partial charge in [-0.2, -0.15) is 0 Å². The number of anilines is 2. The van der Waals surface area contributed by atoms with Crippen molar-refractivity contribution in [2.24, 2.45) is 0 Å². The van der Waals surface area contributed by atoms with E-state index in [2.05, 4.69) is 31.0 Å². The average molecular weight is 176 g/mol. The first-order valence-electron chi connectivity index (χ1n) is 4.77. The van der Waals surface area contributed by atoms with E-state index in [1.807, 2.05) is 6.07 Å². The van der Waals surface area contributed by atoms with Crippen LogP contribution in [0.1, 0.15) is 18.4 Å². The van der Waals surface area contributed by atoms with E-state index >= 15 is 0 Å². The van der Waals surface area contributed by atoms with E-state index in [-0.39, 0.29) is 0 Å². The van der Waals surface area contributed by atoms with Crippen LogP contribution in [0.4, 0.5) is 11.4 Å². The minimum absolute atomic E-state index is 0.750. The number of aryl methyl sites for hydroxylation is 1. The van der Waals surface area contributed by atoms with Gasteiger partial charge in [0.2, 0.25) is 0 Å². The Balaban J connectivity index is 2.31. The monoisotopic (exact) mass is 176 g/mol. The molecule has 1 fully saturated rings. The largest absolute Gasteiger partial charge is 0.399 e. The molecule has 0 amide bonds. The molecule has 2 heteroatoms.